The quantitative estimate of drug-likeness (QED) is 0.737. The SMILES string of the molecule is FC(F)(F)c1cc(Cl)cc(-c2cccnc2)c1. The van der Waals surface area contributed by atoms with Crippen molar-refractivity contribution in [2.75, 3.05) is 0 Å². The first-order valence-electron chi connectivity index (χ1n) is 4.75. The smallest absolute Gasteiger partial charge is 0.264 e. The number of pyridine rings is 1. The average Bonchev–Trinajstić information content (AvgIpc) is 2.28. The van der Waals surface area contributed by atoms with E-state index in [0.717, 1.165) is 12.1 Å². The van der Waals surface area contributed by atoms with Crippen LogP contribution in [0.15, 0.2) is 42.7 Å². The summed E-state index contributed by atoms with van der Waals surface area (Å²) in [4.78, 5) is 3.86. The van der Waals surface area contributed by atoms with Gasteiger partial charge >= 0.3 is 6.18 Å². The van der Waals surface area contributed by atoms with E-state index in [1.165, 1.54) is 12.3 Å². The topological polar surface area (TPSA) is 12.9 Å². The van der Waals surface area contributed by atoms with Crippen LogP contribution in [0.5, 0.6) is 0 Å². The molecule has 5 heteroatoms. The maximum atomic E-state index is 12.6. The summed E-state index contributed by atoms with van der Waals surface area (Å²) in [6.07, 6.45) is -1.35. The molecule has 17 heavy (non-hydrogen) atoms. The summed E-state index contributed by atoms with van der Waals surface area (Å²) in [7, 11) is 0. The second kappa shape index (κ2) is 4.37. The van der Waals surface area contributed by atoms with Crippen molar-refractivity contribution in [1.29, 1.82) is 0 Å². The van der Waals surface area contributed by atoms with Crippen molar-refractivity contribution in [3.05, 3.63) is 53.3 Å². The first-order valence-corrected chi connectivity index (χ1v) is 5.13. The largest absolute Gasteiger partial charge is 0.416 e. The van der Waals surface area contributed by atoms with Gasteiger partial charge in [0.15, 0.2) is 0 Å². The van der Waals surface area contributed by atoms with E-state index in [9.17, 15) is 13.2 Å². The fraction of sp³-hybridized carbons (Fsp3) is 0.0833. The fourth-order valence-corrected chi connectivity index (χ4v) is 1.69. The van der Waals surface area contributed by atoms with E-state index in [-0.39, 0.29) is 5.02 Å². The van der Waals surface area contributed by atoms with Crippen LogP contribution in [0.25, 0.3) is 11.1 Å². The van der Waals surface area contributed by atoms with Crippen molar-refractivity contribution in [2.24, 2.45) is 0 Å². The predicted molar refractivity (Wildman–Crippen MR) is 59.7 cm³/mol. The Balaban J connectivity index is 2.54. The Hall–Kier alpha value is -1.55. The highest BCUT2D eigenvalue weighted by Crippen LogP contribution is 2.34. The fourth-order valence-electron chi connectivity index (χ4n) is 1.45. The molecule has 1 aromatic carbocycles. The number of nitrogens with zero attached hydrogens (tertiary/aromatic N) is 1. The maximum absolute atomic E-state index is 12.6. The van der Waals surface area contributed by atoms with E-state index < -0.39 is 11.7 Å². The van der Waals surface area contributed by atoms with Crippen LogP contribution in [0.2, 0.25) is 5.02 Å². The molecule has 0 aliphatic heterocycles. The lowest BCUT2D eigenvalue weighted by Crippen LogP contribution is -2.04. The van der Waals surface area contributed by atoms with Gasteiger partial charge in [-0.15, -0.1) is 0 Å². The summed E-state index contributed by atoms with van der Waals surface area (Å²) in [5.74, 6) is 0. The predicted octanol–water partition coefficient (Wildman–Crippen LogP) is 4.42. The number of hydrogen-bond donors (Lipinski definition) is 0. The molecule has 0 amide bonds. The Morgan fingerprint density at radius 2 is 1.82 bits per heavy atom. The van der Waals surface area contributed by atoms with Crippen LogP contribution in [0.1, 0.15) is 5.56 Å². The van der Waals surface area contributed by atoms with Gasteiger partial charge < -0.3 is 0 Å². The number of hydrogen-bond acceptors (Lipinski definition) is 1. The lowest BCUT2D eigenvalue weighted by molar-refractivity contribution is -0.137. The van der Waals surface area contributed by atoms with E-state index >= 15 is 0 Å². The summed E-state index contributed by atoms with van der Waals surface area (Å²) < 4.78 is 37.8. The average molecular weight is 258 g/mol. The monoisotopic (exact) mass is 257 g/mol. The molecule has 1 nitrogen and oxygen atoms in total. The second-order valence-electron chi connectivity index (χ2n) is 3.47. The highest BCUT2D eigenvalue weighted by molar-refractivity contribution is 6.31. The maximum Gasteiger partial charge on any atom is 0.416 e. The molecule has 2 rings (SSSR count). The van der Waals surface area contributed by atoms with Gasteiger partial charge in [-0.1, -0.05) is 17.7 Å². The molecule has 0 fully saturated rings. The summed E-state index contributed by atoms with van der Waals surface area (Å²) in [6.45, 7) is 0. The molecule has 0 unspecified atom stereocenters. The van der Waals surface area contributed by atoms with E-state index in [1.807, 2.05) is 0 Å². The zero-order valence-corrected chi connectivity index (χ0v) is 9.26. The molecular formula is C12H7ClF3N. The Labute approximate surface area is 101 Å². The molecule has 0 saturated heterocycles. The summed E-state index contributed by atoms with van der Waals surface area (Å²) in [5.41, 5.74) is 0.238. The van der Waals surface area contributed by atoms with Gasteiger partial charge in [0.25, 0.3) is 0 Å². The minimum Gasteiger partial charge on any atom is -0.264 e. The summed E-state index contributed by atoms with van der Waals surface area (Å²) in [5, 5.41) is 0.0543. The minimum atomic E-state index is -4.40. The third kappa shape index (κ3) is 2.77. The minimum absolute atomic E-state index is 0.0543. The number of halogens is 4. The van der Waals surface area contributed by atoms with Gasteiger partial charge in [0.1, 0.15) is 0 Å². The molecule has 0 N–H and O–H groups in total. The second-order valence-corrected chi connectivity index (χ2v) is 3.90. The first kappa shape index (κ1) is 11.9. The molecule has 0 aliphatic rings. The number of rotatable bonds is 1. The van der Waals surface area contributed by atoms with Crippen molar-refractivity contribution in [1.82, 2.24) is 4.98 Å². The molecule has 0 bridgehead atoms. The molecule has 88 valence electrons. The normalized spacial score (nSPS) is 11.5. The van der Waals surface area contributed by atoms with Crippen LogP contribution in [0.4, 0.5) is 13.2 Å². The van der Waals surface area contributed by atoms with Gasteiger partial charge in [-0.2, -0.15) is 13.2 Å². The molecule has 1 heterocycles. The Kier molecular flexibility index (Phi) is 3.07. The lowest BCUT2D eigenvalue weighted by atomic mass is 10.0. The van der Waals surface area contributed by atoms with Crippen LogP contribution >= 0.6 is 11.6 Å². The van der Waals surface area contributed by atoms with Crippen molar-refractivity contribution in [3.63, 3.8) is 0 Å². The zero-order valence-electron chi connectivity index (χ0n) is 8.50. The van der Waals surface area contributed by atoms with Crippen molar-refractivity contribution >= 4 is 11.6 Å². The molecule has 0 saturated carbocycles. The number of alkyl halides is 3. The first-order chi connectivity index (χ1) is 7.97. The lowest BCUT2D eigenvalue weighted by Gasteiger charge is -2.09. The van der Waals surface area contributed by atoms with Gasteiger partial charge in [0.05, 0.1) is 5.56 Å². The van der Waals surface area contributed by atoms with E-state index in [1.54, 1.807) is 18.3 Å². The molecule has 0 aliphatic carbocycles. The number of benzene rings is 1. The van der Waals surface area contributed by atoms with E-state index in [4.69, 9.17) is 11.6 Å². The molecule has 0 radical (unpaired) electrons. The van der Waals surface area contributed by atoms with Crippen LogP contribution in [0, 0.1) is 0 Å². The third-order valence-corrected chi connectivity index (χ3v) is 2.44. The van der Waals surface area contributed by atoms with Gasteiger partial charge in [-0.25, -0.2) is 0 Å². The Morgan fingerprint density at radius 1 is 1.06 bits per heavy atom. The van der Waals surface area contributed by atoms with Gasteiger partial charge in [-0.3, -0.25) is 4.98 Å². The molecule has 0 atom stereocenters. The molecular weight excluding hydrogens is 251 g/mol. The Morgan fingerprint density at radius 3 is 2.41 bits per heavy atom. The van der Waals surface area contributed by atoms with Crippen LogP contribution < -0.4 is 0 Å². The van der Waals surface area contributed by atoms with Gasteiger partial charge in [-0.05, 0) is 29.8 Å². The zero-order chi connectivity index (χ0) is 12.5. The summed E-state index contributed by atoms with van der Waals surface area (Å²) >= 11 is 5.69. The van der Waals surface area contributed by atoms with Crippen LogP contribution in [-0.4, -0.2) is 4.98 Å². The molecule has 0 spiro atoms. The standard InChI is InChI=1S/C12H7ClF3N/c13-11-5-9(8-2-1-3-17-7-8)4-10(6-11)12(14,15)16/h1-7H. The van der Waals surface area contributed by atoms with Crippen molar-refractivity contribution < 1.29 is 13.2 Å². The van der Waals surface area contributed by atoms with Gasteiger partial charge in [0.2, 0.25) is 0 Å². The molecule has 1 aromatic heterocycles. The Bertz CT molecular complexity index is 523. The number of aromatic nitrogens is 1. The van der Waals surface area contributed by atoms with E-state index in [0.29, 0.717) is 11.1 Å². The highest BCUT2D eigenvalue weighted by atomic mass is 35.5. The summed E-state index contributed by atoms with van der Waals surface area (Å²) in [6, 6.07) is 6.78. The van der Waals surface area contributed by atoms with Crippen molar-refractivity contribution in [3.8, 4) is 11.1 Å². The third-order valence-electron chi connectivity index (χ3n) is 2.22. The highest BCUT2D eigenvalue weighted by Gasteiger charge is 2.31. The van der Waals surface area contributed by atoms with Crippen LogP contribution in [-0.2, 0) is 6.18 Å². The van der Waals surface area contributed by atoms with Gasteiger partial charge in [0, 0.05) is 23.0 Å². The van der Waals surface area contributed by atoms with E-state index in [2.05, 4.69) is 4.98 Å². The van der Waals surface area contributed by atoms with Crippen LogP contribution in [0.3, 0.4) is 0 Å². The molecule has 2 aromatic rings. The van der Waals surface area contributed by atoms with Crippen molar-refractivity contribution in [2.45, 2.75) is 6.18 Å².